The highest BCUT2D eigenvalue weighted by molar-refractivity contribution is 9.10. The van der Waals surface area contributed by atoms with E-state index in [1.165, 1.54) is 6.07 Å². The topological polar surface area (TPSA) is 30.5 Å². The first-order valence-electron chi connectivity index (χ1n) is 6.49. The first kappa shape index (κ1) is 16.4. The molecule has 0 bridgehead atoms. The first-order chi connectivity index (χ1) is 9.09. The monoisotopic (exact) mass is 333 g/mol. The third kappa shape index (κ3) is 7.50. The lowest BCUT2D eigenvalue weighted by Crippen LogP contribution is -2.23. The number of halogens is 2. The minimum Gasteiger partial charge on any atom is -0.492 e. The van der Waals surface area contributed by atoms with Crippen LogP contribution in [0.25, 0.3) is 0 Å². The summed E-state index contributed by atoms with van der Waals surface area (Å²) in [5.74, 6) is 0.383. The second kappa shape index (κ2) is 9.28. The summed E-state index contributed by atoms with van der Waals surface area (Å²) in [7, 11) is 0. The van der Waals surface area contributed by atoms with Crippen molar-refractivity contribution in [3.05, 3.63) is 28.5 Å². The predicted molar refractivity (Wildman–Crippen MR) is 78.2 cm³/mol. The highest BCUT2D eigenvalue weighted by atomic mass is 79.9. The van der Waals surface area contributed by atoms with Crippen LogP contribution >= 0.6 is 15.9 Å². The van der Waals surface area contributed by atoms with Gasteiger partial charge >= 0.3 is 0 Å². The fourth-order valence-corrected chi connectivity index (χ4v) is 1.81. The molecule has 19 heavy (non-hydrogen) atoms. The second-order valence-electron chi connectivity index (χ2n) is 4.45. The van der Waals surface area contributed by atoms with E-state index in [0.29, 0.717) is 22.9 Å². The van der Waals surface area contributed by atoms with Crippen molar-refractivity contribution in [2.24, 2.45) is 0 Å². The molecule has 1 rings (SSSR count). The zero-order valence-corrected chi connectivity index (χ0v) is 13.0. The van der Waals surface area contributed by atoms with Gasteiger partial charge in [-0.25, -0.2) is 4.39 Å². The van der Waals surface area contributed by atoms with E-state index in [-0.39, 0.29) is 5.82 Å². The molecule has 0 aliphatic heterocycles. The third-order valence-corrected chi connectivity index (χ3v) is 3.00. The van der Waals surface area contributed by atoms with Crippen LogP contribution in [-0.2, 0) is 4.74 Å². The molecule has 3 nitrogen and oxygen atoms in total. The Kier molecular flexibility index (Phi) is 8.02. The van der Waals surface area contributed by atoms with Crippen LogP contribution in [0.1, 0.15) is 20.3 Å². The van der Waals surface area contributed by atoms with Crippen LogP contribution in [0.3, 0.4) is 0 Å². The van der Waals surface area contributed by atoms with Gasteiger partial charge in [-0.2, -0.15) is 0 Å². The van der Waals surface area contributed by atoms with E-state index in [2.05, 4.69) is 21.2 Å². The van der Waals surface area contributed by atoms with Crippen molar-refractivity contribution in [3.8, 4) is 5.75 Å². The molecule has 1 N–H and O–H groups in total. The van der Waals surface area contributed by atoms with Crippen molar-refractivity contribution in [2.75, 3.05) is 26.3 Å². The predicted octanol–water partition coefficient (Wildman–Crippen LogP) is 3.37. The van der Waals surface area contributed by atoms with Gasteiger partial charge in [0.25, 0.3) is 0 Å². The Morgan fingerprint density at radius 3 is 2.74 bits per heavy atom. The van der Waals surface area contributed by atoms with Gasteiger partial charge in [0.05, 0.1) is 10.6 Å². The average Bonchev–Trinajstić information content (AvgIpc) is 2.36. The maximum absolute atomic E-state index is 13.0. The van der Waals surface area contributed by atoms with Gasteiger partial charge in [0.1, 0.15) is 18.2 Å². The number of hydrogen-bond donors (Lipinski definition) is 1. The molecule has 5 heteroatoms. The van der Waals surface area contributed by atoms with Crippen LogP contribution in [0.5, 0.6) is 5.75 Å². The number of hydrogen-bond acceptors (Lipinski definition) is 3. The zero-order chi connectivity index (χ0) is 14.1. The Balaban J connectivity index is 2.03. The largest absolute Gasteiger partial charge is 0.492 e. The molecular weight excluding hydrogens is 313 g/mol. The SMILES string of the molecule is CC(C)OCCCNCCOc1ccc(F)c(Br)c1. The van der Waals surface area contributed by atoms with E-state index in [1.54, 1.807) is 12.1 Å². The normalized spacial score (nSPS) is 11.0. The van der Waals surface area contributed by atoms with E-state index >= 15 is 0 Å². The molecule has 1 aromatic carbocycles. The lowest BCUT2D eigenvalue weighted by atomic mass is 10.3. The van der Waals surface area contributed by atoms with Crippen molar-refractivity contribution in [2.45, 2.75) is 26.4 Å². The fourth-order valence-electron chi connectivity index (χ4n) is 1.45. The minimum absolute atomic E-state index is 0.282. The molecule has 1 aromatic rings. The molecule has 0 aromatic heterocycles. The summed E-state index contributed by atoms with van der Waals surface area (Å²) in [5, 5.41) is 3.26. The lowest BCUT2D eigenvalue weighted by molar-refractivity contribution is 0.0770. The average molecular weight is 334 g/mol. The van der Waals surface area contributed by atoms with Crippen LogP contribution in [-0.4, -0.2) is 32.4 Å². The van der Waals surface area contributed by atoms with E-state index in [0.717, 1.165) is 26.1 Å². The van der Waals surface area contributed by atoms with Crippen molar-refractivity contribution >= 4 is 15.9 Å². The van der Waals surface area contributed by atoms with Gasteiger partial charge in [-0.1, -0.05) is 0 Å². The number of rotatable bonds is 9. The van der Waals surface area contributed by atoms with Crippen LogP contribution in [0.2, 0.25) is 0 Å². The van der Waals surface area contributed by atoms with Gasteiger partial charge in [0, 0.05) is 13.2 Å². The van der Waals surface area contributed by atoms with Gasteiger partial charge in [0.15, 0.2) is 0 Å². The van der Waals surface area contributed by atoms with Gasteiger partial charge in [-0.15, -0.1) is 0 Å². The highest BCUT2D eigenvalue weighted by Gasteiger charge is 2.00. The molecule has 0 atom stereocenters. The molecule has 0 amide bonds. The molecule has 0 radical (unpaired) electrons. The van der Waals surface area contributed by atoms with Crippen LogP contribution in [0, 0.1) is 5.82 Å². The fraction of sp³-hybridized carbons (Fsp3) is 0.571. The smallest absolute Gasteiger partial charge is 0.137 e. The van der Waals surface area contributed by atoms with E-state index < -0.39 is 0 Å². The molecule has 0 spiro atoms. The van der Waals surface area contributed by atoms with Gasteiger partial charge < -0.3 is 14.8 Å². The second-order valence-corrected chi connectivity index (χ2v) is 5.30. The van der Waals surface area contributed by atoms with E-state index in [1.807, 2.05) is 13.8 Å². The van der Waals surface area contributed by atoms with Crippen LogP contribution in [0.15, 0.2) is 22.7 Å². The molecule has 0 saturated carbocycles. The molecule has 0 aliphatic rings. The maximum Gasteiger partial charge on any atom is 0.137 e. The molecule has 0 unspecified atom stereocenters. The van der Waals surface area contributed by atoms with Gasteiger partial charge in [-0.05, 0) is 60.9 Å². The first-order valence-corrected chi connectivity index (χ1v) is 7.29. The molecule has 0 saturated heterocycles. The Morgan fingerprint density at radius 1 is 1.26 bits per heavy atom. The molecule has 0 heterocycles. The van der Waals surface area contributed by atoms with E-state index in [9.17, 15) is 4.39 Å². The van der Waals surface area contributed by atoms with Gasteiger partial charge in [-0.3, -0.25) is 0 Å². The standard InChI is InChI=1S/C14H21BrFNO2/c1-11(2)18-8-3-6-17-7-9-19-12-4-5-14(16)13(15)10-12/h4-5,10-11,17H,3,6-9H2,1-2H3. The lowest BCUT2D eigenvalue weighted by Gasteiger charge is -2.09. The van der Waals surface area contributed by atoms with Crippen molar-refractivity contribution in [1.29, 1.82) is 0 Å². The zero-order valence-electron chi connectivity index (χ0n) is 11.4. The Bertz CT molecular complexity index is 374. The number of nitrogens with one attached hydrogen (secondary N) is 1. The van der Waals surface area contributed by atoms with Crippen molar-refractivity contribution < 1.29 is 13.9 Å². The Hall–Kier alpha value is -0.650. The van der Waals surface area contributed by atoms with E-state index in [4.69, 9.17) is 9.47 Å². The molecular formula is C14H21BrFNO2. The highest BCUT2D eigenvalue weighted by Crippen LogP contribution is 2.21. The minimum atomic E-state index is -0.282. The summed E-state index contributed by atoms with van der Waals surface area (Å²) in [6.45, 7) is 7.06. The van der Waals surface area contributed by atoms with Gasteiger partial charge in [0.2, 0.25) is 0 Å². The quantitative estimate of drug-likeness (QED) is 0.703. The summed E-state index contributed by atoms with van der Waals surface area (Å²) in [6.07, 6.45) is 1.28. The summed E-state index contributed by atoms with van der Waals surface area (Å²) in [4.78, 5) is 0. The number of benzene rings is 1. The Labute approximate surface area is 122 Å². The van der Waals surface area contributed by atoms with Crippen LogP contribution < -0.4 is 10.1 Å². The molecule has 0 aliphatic carbocycles. The maximum atomic E-state index is 13.0. The summed E-state index contributed by atoms with van der Waals surface area (Å²) >= 11 is 3.12. The Morgan fingerprint density at radius 2 is 2.05 bits per heavy atom. The summed E-state index contributed by atoms with van der Waals surface area (Å²) in [5.41, 5.74) is 0. The number of ether oxygens (including phenoxy) is 2. The summed E-state index contributed by atoms with van der Waals surface area (Å²) in [6, 6.07) is 4.64. The van der Waals surface area contributed by atoms with Crippen LogP contribution in [0.4, 0.5) is 4.39 Å². The summed E-state index contributed by atoms with van der Waals surface area (Å²) < 4.78 is 24.3. The van der Waals surface area contributed by atoms with Crippen molar-refractivity contribution in [3.63, 3.8) is 0 Å². The third-order valence-electron chi connectivity index (χ3n) is 2.39. The molecule has 0 fully saturated rings. The molecule has 108 valence electrons. The van der Waals surface area contributed by atoms with Crippen molar-refractivity contribution in [1.82, 2.24) is 5.32 Å².